The maximum absolute atomic E-state index is 9.72. The Morgan fingerprint density at radius 3 is 3.05 bits per heavy atom. The zero-order chi connectivity index (χ0) is 13.5. The zero-order valence-electron chi connectivity index (χ0n) is 10.4. The molecule has 0 spiro atoms. The number of hydrogen-bond donors (Lipinski definition) is 3. The first-order chi connectivity index (χ1) is 9.12. The largest absolute Gasteiger partial charge is 0.394 e. The molecule has 1 saturated heterocycles. The molecule has 1 fully saturated rings. The molecule has 0 aliphatic carbocycles. The first kappa shape index (κ1) is 12.5. The third-order valence-electron chi connectivity index (χ3n) is 3.38. The van der Waals surface area contributed by atoms with E-state index in [0.29, 0.717) is 18.0 Å². The average molecular weight is 265 g/mol. The van der Waals surface area contributed by atoms with Gasteiger partial charge in [0.25, 0.3) is 0 Å². The quantitative estimate of drug-likeness (QED) is 0.588. The highest BCUT2D eigenvalue weighted by molar-refractivity contribution is 6.50. The molecule has 4 atom stereocenters. The van der Waals surface area contributed by atoms with E-state index in [2.05, 4.69) is 25.3 Å². The predicted molar refractivity (Wildman–Crippen MR) is 69.8 cm³/mol. The van der Waals surface area contributed by atoms with E-state index in [1.807, 2.05) is 6.92 Å². The molecule has 3 heterocycles. The van der Waals surface area contributed by atoms with Gasteiger partial charge in [-0.3, -0.25) is 5.32 Å². The lowest BCUT2D eigenvalue weighted by Gasteiger charge is -2.30. The number of aliphatic imine (C=N–C) groups is 4. The number of amidine groups is 1. The molecule has 0 aromatic heterocycles. The standard InChI is InChI=1S/C11H15N5O3/c1-11(9-10(13-4-12-9)14-5-15-11)16-8-2-6(18)7(3-17)19-8/h4-8,16-18H,2-3H2,1H3/t6-,7+,8-,11-/m0/s1. The van der Waals surface area contributed by atoms with Gasteiger partial charge in [0.1, 0.15) is 30.7 Å². The van der Waals surface area contributed by atoms with Crippen molar-refractivity contribution >= 4 is 24.2 Å². The lowest BCUT2D eigenvalue weighted by atomic mass is 10.0. The summed E-state index contributed by atoms with van der Waals surface area (Å²) in [5.41, 5.74) is -0.164. The van der Waals surface area contributed by atoms with Crippen molar-refractivity contribution in [1.82, 2.24) is 5.32 Å². The van der Waals surface area contributed by atoms with E-state index in [-0.39, 0.29) is 6.61 Å². The molecule has 0 aromatic rings. The van der Waals surface area contributed by atoms with E-state index in [9.17, 15) is 5.11 Å². The van der Waals surface area contributed by atoms with E-state index >= 15 is 0 Å². The van der Waals surface area contributed by atoms with Crippen LogP contribution >= 0.6 is 0 Å². The summed E-state index contributed by atoms with van der Waals surface area (Å²) in [4.78, 5) is 16.5. The van der Waals surface area contributed by atoms with Crippen LogP contribution in [0.2, 0.25) is 0 Å². The molecule has 0 radical (unpaired) electrons. The Labute approximate surface area is 109 Å². The number of ether oxygens (including phenoxy) is 1. The lowest BCUT2D eigenvalue weighted by molar-refractivity contribution is -0.0353. The summed E-state index contributed by atoms with van der Waals surface area (Å²) in [5.74, 6) is 0.530. The molecule has 0 amide bonds. The van der Waals surface area contributed by atoms with Crippen LogP contribution in [0.25, 0.3) is 0 Å². The fraction of sp³-hybridized carbons (Fsp3) is 0.636. The van der Waals surface area contributed by atoms with E-state index in [0.717, 1.165) is 0 Å². The van der Waals surface area contributed by atoms with E-state index in [4.69, 9.17) is 9.84 Å². The van der Waals surface area contributed by atoms with Crippen LogP contribution in [0.15, 0.2) is 20.0 Å². The Kier molecular flexibility index (Phi) is 3.02. The number of rotatable bonds is 3. The Hall–Kier alpha value is -1.48. The van der Waals surface area contributed by atoms with Crippen molar-refractivity contribution in [1.29, 1.82) is 0 Å². The topological polar surface area (TPSA) is 111 Å². The molecule has 0 bridgehead atoms. The highest BCUT2D eigenvalue weighted by Gasteiger charge is 2.42. The minimum Gasteiger partial charge on any atom is -0.394 e. The molecule has 102 valence electrons. The van der Waals surface area contributed by atoms with Crippen LogP contribution < -0.4 is 5.32 Å². The first-order valence-corrected chi connectivity index (χ1v) is 6.07. The van der Waals surface area contributed by atoms with Crippen LogP contribution in [0.1, 0.15) is 13.3 Å². The monoisotopic (exact) mass is 265 g/mol. The average Bonchev–Trinajstić information content (AvgIpc) is 2.96. The zero-order valence-corrected chi connectivity index (χ0v) is 10.4. The highest BCUT2D eigenvalue weighted by Crippen LogP contribution is 2.24. The summed E-state index contributed by atoms with van der Waals surface area (Å²) < 4.78 is 5.52. The van der Waals surface area contributed by atoms with Gasteiger partial charge in [0.2, 0.25) is 0 Å². The highest BCUT2D eigenvalue weighted by atomic mass is 16.5. The van der Waals surface area contributed by atoms with Crippen molar-refractivity contribution in [3.8, 4) is 0 Å². The van der Waals surface area contributed by atoms with Crippen molar-refractivity contribution in [3.63, 3.8) is 0 Å². The van der Waals surface area contributed by atoms with Crippen molar-refractivity contribution < 1.29 is 14.9 Å². The van der Waals surface area contributed by atoms with Gasteiger partial charge in [-0.2, -0.15) is 0 Å². The molecule has 3 N–H and O–H groups in total. The van der Waals surface area contributed by atoms with Gasteiger partial charge in [-0.05, 0) is 6.92 Å². The van der Waals surface area contributed by atoms with Gasteiger partial charge >= 0.3 is 0 Å². The molecule has 3 rings (SSSR count). The third kappa shape index (κ3) is 2.12. The molecule has 19 heavy (non-hydrogen) atoms. The molecule has 3 aliphatic rings. The Morgan fingerprint density at radius 1 is 1.47 bits per heavy atom. The van der Waals surface area contributed by atoms with Gasteiger partial charge in [0, 0.05) is 6.42 Å². The summed E-state index contributed by atoms with van der Waals surface area (Å²) in [5, 5.41) is 22.0. The Balaban J connectivity index is 1.74. The number of fused-ring (bicyclic) bond motifs is 1. The summed E-state index contributed by atoms with van der Waals surface area (Å²) in [6.07, 6.45) is 1.59. The minimum atomic E-state index is -0.789. The van der Waals surface area contributed by atoms with Gasteiger partial charge in [0.05, 0.1) is 12.7 Å². The van der Waals surface area contributed by atoms with Crippen molar-refractivity contribution in [3.05, 3.63) is 0 Å². The van der Waals surface area contributed by atoms with Gasteiger partial charge in [-0.1, -0.05) is 0 Å². The van der Waals surface area contributed by atoms with Crippen LogP contribution in [0.3, 0.4) is 0 Å². The molecule has 8 heteroatoms. The maximum Gasteiger partial charge on any atom is 0.180 e. The van der Waals surface area contributed by atoms with Crippen LogP contribution in [0.4, 0.5) is 0 Å². The van der Waals surface area contributed by atoms with Crippen molar-refractivity contribution in [2.24, 2.45) is 20.0 Å². The smallest absolute Gasteiger partial charge is 0.180 e. The molecule has 8 nitrogen and oxygen atoms in total. The predicted octanol–water partition coefficient (Wildman–Crippen LogP) is -1.32. The second kappa shape index (κ2) is 4.57. The van der Waals surface area contributed by atoms with Gasteiger partial charge in [0.15, 0.2) is 11.5 Å². The van der Waals surface area contributed by atoms with E-state index in [1.54, 1.807) is 0 Å². The van der Waals surface area contributed by atoms with Crippen LogP contribution in [0.5, 0.6) is 0 Å². The molecular weight excluding hydrogens is 250 g/mol. The number of hydrogen-bond acceptors (Lipinski definition) is 8. The second-order valence-electron chi connectivity index (χ2n) is 4.78. The van der Waals surface area contributed by atoms with Crippen LogP contribution in [-0.4, -0.2) is 65.1 Å². The second-order valence-corrected chi connectivity index (χ2v) is 4.78. The molecule has 0 aromatic carbocycles. The molecular formula is C11H15N5O3. The maximum atomic E-state index is 9.72. The fourth-order valence-corrected chi connectivity index (χ4v) is 2.36. The fourth-order valence-electron chi connectivity index (χ4n) is 2.36. The normalized spacial score (nSPS) is 40.3. The number of aliphatic hydroxyl groups is 2. The number of aliphatic hydroxyl groups excluding tert-OH is 2. The summed E-state index contributed by atoms with van der Waals surface area (Å²) in [7, 11) is 0. The molecule has 0 unspecified atom stereocenters. The number of nitrogens with one attached hydrogen (secondary N) is 1. The first-order valence-electron chi connectivity index (χ1n) is 6.07. The summed E-state index contributed by atoms with van der Waals surface area (Å²) in [6.45, 7) is 1.63. The van der Waals surface area contributed by atoms with Crippen LogP contribution in [0, 0.1) is 0 Å². The minimum absolute atomic E-state index is 0.212. The summed E-state index contributed by atoms with van der Waals surface area (Å²) in [6, 6.07) is 0. The van der Waals surface area contributed by atoms with E-state index < -0.39 is 24.1 Å². The third-order valence-corrected chi connectivity index (χ3v) is 3.38. The lowest BCUT2D eigenvalue weighted by Crippen LogP contribution is -2.55. The van der Waals surface area contributed by atoms with Gasteiger partial charge < -0.3 is 14.9 Å². The number of nitrogens with zero attached hydrogens (tertiary/aromatic N) is 4. The van der Waals surface area contributed by atoms with E-state index in [1.165, 1.54) is 12.7 Å². The Morgan fingerprint density at radius 2 is 2.32 bits per heavy atom. The summed E-state index contributed by atoms with van der Waals surface area (Å²) >= 11 is 0. The van der Waals surface area contributed by atoms with Gasteiger partial charge in [-0.25, -0.2) is 20.0 Å². The molecule has 0 saturated carbocycles. The van der Waals surface area contributed by atoms with Crippen molar-refractivity contribution in [2.75, 3.05) is 6.61 Å². The van der Waals surface area contributed by atoms with Crippen LogP contribution in [-0.2, 0) is 4.74 Å². The Bertz CT molecular complexity index is 501. The SMILES string of the molecule is C[C@@]1(N[C@@H]2C[C@H](O)[C@@H](CO)O2)N=CN=C2N=CN=C21. The molecule has 3 aliphatic heterocycles. The van der Waals surface area contributed by atoms with Crippen molar-refractivity contribution in [2.45, 2.75) is 37.4 Å². The van der Waals surface area contributed by atoms with Gasteiger partial charge in [-0.15, -0.1) is 0 Å².